The number of benzene rings is 2. The Kier molecular flexibility index (Phi) is 11.5. The van der Waals surface area contributed by atoms with Crippen LogP contribution < -0.4 is 9.47 Å². The van der Waals surface area contributed by atoms with Gasteiger partial charge in [-0.2, -0.15) is 0 Å². The molecule has 0 aliphatic heterocycles. The largest absolute Gasteiger partial charge is 0.481 e. The molecule has 0 unspecified atom stereocenters. The van der Waals surface area contributed by atoms with Crippen molar-refractivity contribution in [2.24, 2.45) is 0 Å². The molecule has 4 aromatic rings. The van der Waals surface area contributed by atoms with Crippen molar-refractivity contribution in [3.63, 3.8) is 0 Å². The van der Waals surface area contributed by atoms with Crippen LogP contribution in [0.5, 0.6) is 11.8 Å². The van der Waals surface area contributed by atoms with E-state index in [1.807, 2.05) is 45.9 Å². The monoisotopic (exact) mass is 630 g/mol. The van der Waals surface area contributed by atoms with E-state index in [1.165, 1.54) is 27.4 Å². The van der Waals surface area contributed by atoms with E-state index in [1.54, 1.807) is 36.4 Å². The van der Waals surface area contributed by atoms with E-state index < -0.39 is 23.0 Å². The summed E-state index contributed by atoms with van der Waals surface area (Å²) in [7, 11) is 4.29. The molecule has 1 N–H and O–H groups in total. The maximum atomic E-state index is 14.4. The second kappa shape index (κ2) is 14.9. The van der Waals surface area contributed by atoms with Crippen LogP contribution in [0.3, 0.4) is 0 Å². The third kappa shape index (κ3) is 7.84. The van der Waals surface area contributed by atoms with E-state index in [2.05, 4.69) is 23.1 Å². The average molecular weight is 631 g/mol. The Hall–Kier alpha value is -4.89. The Bertz CT molecular complexity index is 1730. The van der Waals surface area contributed by atoms with Crippen LogP contribution in [0.4, 0.5) is 8.78 Å². The fourth-order valence-electron chi connectivity index (χ4n) is 4.71. The lowest BCUT2D eigenvalue weighted by molar-refractivity contribution is 0.0600. The minimum Gasteiger partial charge on any atom is -0.481 e. The number of aromatic nitrogens is 2. The smallest absolute Gasteiger partial charge is 0.337 e. The fraction of sp³-hybridized carbons (Fsp3) is 0.270. The highest BCUT2D eigenvalue weighted by Gasteiger charge is 2.25. The summed E-state index contributed by atoms with van der Waals surface area (Å²) >= 11 is 0. The van der Waals surface area contributed by atoms with Crippen LogP contribution in [0.25, 0.3) is 22.3 Å². The Balaban J connectivity index is 0.000000251. The summed E-state index contributed by atoms with van der Waals surface area (Å²) in [4.78, 5) is 19.6. The number of hydrogen-bond donors (Lipinski definition) is 1. The van der Waals surface area contributed by atoms with Crippen molar-refractivity contribution in [2.75, 3.05) is 21.3 Å². The number of carbonyl (C=O) groups is 1. The molecule has 2 heterocycles. The molecule has 46 heavy (non-hydrogen) atoms. The standard InChI is InChI=1S/C19H20FNO3.C18H20FNO2/c1-6-19(2,3)15-9-12(18(22)24-5)7-8-13(15)14-10-17(23-4)21-11-16(14)20;1-5-18(2,3)15-8-12(11-21)6-7-13(15)14-9-17(22-4)20-10-16(14)19/h6-11H,1H2,2-5H3;5-10,21H,1,11H2,2-4H3. The Morgan fingerprint density at radius 3 is 1.63 bits per heavy atom. The van der Waals surface area contributed by atoms with Gasteiger partial charge in [-0.05, 0) is 39.9 Å². The third-order valence-electron chi connectivity index (χ3n) is 7.78. The maximum absolute atomic E-state index is 14.4. The fourth-order valence-corrected chi connectivity index (χ4v) is 4.71. The van der Waals surface area contributed by atoms with Crippen LogP contribution in [-0.2, 0) is 22.2 Å². The van der Waals surface area contributed by atoms with Crippen LogP contribution in [0.15, 0.2) is 86.2 Å². The first-order valence-electron chi connectivity index (χ1n) is 14.4. The van der Waals surface area contributed by atoms with Gasteiger partial charge in [0, 0.05) is 34.1 Å². The van der Waals surface area contributed by atoms with E-state index in [0.29, 0.717) is 34.0 Å². The van der Waals surface area contributed by atoms with Gasteiger partial charge in [0.2, 0.25) is 11.8 Å². The molecule has 0 spiro atoms. The Morgan fingerprint density at radius 1 is 0.761 bits per heavy atom. The number of esters is 1. The lowest BCUT2D eigenvalue weighted by Gasteiger charge is -2.25. The zero-order chi connectivity index (χ0) is 34.2. The second-order valence-corrected chi connectivity index (χ2v) is 11.6. The zero-order valence-electron chi connectivity index (χ0n) is 27.3. The average Bonchev–Trinajstić information content (AvgIpc) is 3.08. The molecule has 0 saturated carbocycles. The zero-order valence-corrected chi connectivity index (χ0v) is 27.3. The summed E-state index contributed by atoms with van der Waals surface area (Å²) in [5, 5.41) is 9.37. The summed E-state index contributed by atoms with van der Waals surface area (Å²) in [5.74, 6) is -0.673. The van der Waals surface area contributed by atoms with Crippen molar-refractivity contribution in [1.82, 2.24) is 9.97 Å². The topological polar surface area (TPSA) is 90.8 Å². The molecule has 0 radical (unpaired) electrons. The molecule has 0 aliphatic rings. The molecule has 2 aromatic carbocycles. The molecule has 7 nitrogen and oxygen atoms in total. The van der Waals surface area contributed by atoms with E-state index in [9.17, 15) is 18.7 Å². The lowest BCUT2D eigenvalue weighted by atomic mass is 9.79. The molecular formula is C37H40F2N2O5. The number of aliphatic hydroxyl groups excluding tert-OH is 1. The molecule has 0 amide bonds. The SMILES string of the molecule is C=CC(C)(C)c1cc(C(=O)OC)ccc1-c1cc(OC)ncc1F.C=CC(C)(C)c1cc(CO)ccc1-c1cc(OC)ncc1F. The molecular weight excluding hydrogens is 590 g/mol. The van der Waals surface area contributed by atoms with Gasteiger partial charge in [-0.3, -0.25) is 0 Å². The summed E-state index contributed by atoms with van der Waals surface area (Å²) in [6.07, 6.45) is 5.83. The summed E-state index contributed by atoms with van der Waals surface area (Å²) < 4.78 is 43.6. The molecule has 0 saturated heterocycles. The molecule has 9 heteroatoms. The van der Waals surface area contributed by atoms with Crippen LogP contribution >= 0.6 is 0 Å². The van der Waals surface area contributed by atoms with Gasteiger partial charge < -0.3 is 19.3 Å². The van der Waals surface area contributed by atoms with E-state index >= 15 is 0 Å². The van der Waals surface area contributed by atoms with Gasteiger partial charge in [0.15, 0.2) is 0 Å². The number of carbonyl (C=O) groups excluding carboxylic acids is 1. The van der Waals surface area contributed by atoms with Crippen LogP contribution in [0.1, 0.15) is 54.7 Å². The molecule has 0 atom stereocenters. The van der Waals surface area contributed by atoms with Crippen LogP contribution in [0.2, 0.25) is 0 Å². The van der Waals surface area contributed by atoms with Crippen LogP contribution in [-0.4, -0.2) is 42.4 Å². The van der Waals surface area contributed by atoms with E-state index in [-0.39, 0.29) is 12.0 Å². The first-order valence-corrected chi connectivity index (χ1v) is 14.4. The second-order valence-electron chi connectivity index (χ2n) is 11.6. The van der Waals surface area contributed by atoms with Crippen LogP contribution in [0, 0.1) is 11.6 Å². The van der Waals surface area contributed by atoms with Gasteiger partial charge in [0.25, 0.3) is 0 Å². The summed E-state index contributed by atoms with van der Waals surface area (Å²) in [6, 6.07) is 13.6. The van der Waals surface area contributed by atoms with Crippen molar-refractivity contribution in [3.05, 3.63) is 120 Å². The molecule has 4 rings (SSSR count). The van der Waals surface area contributed by atoms with Gasteiger partial charge in [-0.15, -0.1) is 13.2 Å². The van der Waals surface area contributed by atoms with Crippen molar-refractivity contribution >= 4 is 5.97 Å². The van der Waals surface area contributed by atoms with Gasteiger partial charge in [0.1, 0.15) is 11.6 Å². The quantitative estimate of drug-likeness (QED) is 0.140. The Labute approximate surface area is 269 Å². The first-order chi connectivity index (χ1) is 21.8. The third-order valence-corrected chi connectivity index (χ3v) is 7.78. The van der Waals surface area contributed by atoms with Gasteiger partial charge >= 0.3 is 5.97 Å². The highest BCUT2D eigenvalue weighted by Crippen LogP contribution is 2.38. The van der Waals surface area contributed by atoms with E-state index in [0.717, 1.165) is 34.6 Å². The highest BCUT2D eigenvalue weighted by molar-refractivity contribution is 5.91. The number of hydrogen-bond acceptors (Lipinski definition) is 7. The van der Waals surface area contributed by atoms with Crippen molar-refractivity contribution in [1.29, 1.82) is 0 Å². The molecule has 0 aliphatic carbocycles. The summed E-state index contributed by atoms with van der Waals surface area (Å²) in [6.45, 7) is 15.5. The van der Waals surface area contributed by atoms with Crippen molar-refractivity contribution < 1.29 is 32.9 Å². The molecule has 242 valence electrons. The molecule has 0 fully saturated rings. The number of aliphatic hydroxyl groups is 1. The summed E-state index contributed by atoms with van der Waals surface area (Å²) in [5.41, 5.74) is 4.11. The highest BCUT2D eigenvalue weighted by atomic mass is 19.1. The first kappa shape index (κ1) is 35.6. The number of nitrogens with zero attached hydrogens (tertiary/aromatic N) is 2. The maximum Gasteiger partial charge on any atom is 0.337 e. The minimum atomic E-state index is -0.484. The normalized spacial score (nSPS) is 11.2. The predicted molar refractivity (Wildman–Crippen MR) is 176 cm³/mol. The molecule has 0 bridgehead atoms. The van der Waals surface area contributed by atoms with Gasteiger partial charge in [-0.25, -0.2) is 23.5 Å². The van der Waals surface area contributed by atoms with Crippen molar-refractivity contribution in [2.45, 2.75) is 45.1 Å². The Morgan fingerprint density at radius 2 is 1.22 bits per heavy atom. The van der Waals surface area contributed by atoms with Gasteiger partial charge in [0.05, 0.1) is 45.9 Å². The number of allylic oxidation sites excluding steroid dienone is 2. The number of ether oxygens (including phenoxy) is 3. The van der Waals surface area contributed by atoms with Gasteiger partial charge in [-0.1, -0.05) is 64.1 Å². The molecule has 2 aromatic heterocycles. The number of halogens is 2. The number of rotatable bonds is 10. The lowest BCUT2D eigenvalue weighted by Crippen LogP contribution is -2.16. The number of pyridine rings is 2. The minimum absolute atomic E-state index is 0.0668. The number of methoxy groups -OCH3 is 3. The van der Waals surface area contributed by atoms with Crippen molar-refractivity contribution in [3.8, 4) is 34.0 Å². The van der Waals surface area contributed by atoms with E-state index in [4.69, 9.17) is 14.2 Å². The predicted octanol–water partition coefficient (Wildman–Crippen LogP) is 8.00.